The monoisotopic (exact) mass is 283 g/mol. The Hall–Kier alpha value is -1.66. The lowest BCUT2D eigenvalue weighted by Crippen LogP contribution is -2.47. The minimum atomic E-state index is -1.06. The lowest BCUT2D eigenvalue weighted by Gasteiger charge is -2.26. The number of aliphatic hydroxyl groups is 1. The van der Waals surface area contributed by atoms with Crippen molar-refractivity contribution in [3.63, 3.8) is 0 Å². The van der Waals surface area contributed by atoms with Crippen molar-refractivity contribution in [2.24, 2.45) is 0 Å². The molecule has 2 N–H and O–H groups in total. The van der Waals surface area contributed by atoms with Crippen LogP contribution in [0.5, 0.6) is 5.75 Å². The van der Waals surface area contributed by atoms with Gasteiger partial charge in [-0.25, -0.2) is 4.39 Å². The molecule has 0 spiro atoms. The quantitative estimate of drug-likeness (QED) is 0.868. The first-order valence-corrected chi connectivity index (χ1v) is 6.42. The van der Waals surface area contributed by atoms with E-state index in [9.17, 15) is 14.3 Å². The van der Waals surface area contributed by atoms with Gasteiger partial charge in [0, 0.05) is 25.1 Å². The van der Waals surface area contributed by atoms with Crippen LogP contribution in [0.1, 0.15) is 23.7 Å². The zero-order valence-corrected chi connectivity index (χ0v) is 11.5. The molecule has 1 aliphatic rings. The largest absolute Gasteiger partial charge is 0.494 e. The Morgan fingerprint density at radius 1 is 1.65 bits per heavy atom. The molecule has 0 aliphatic carbocycles. The van der Waals surface area contributed by atoms with Crippen LogP contribution in [0.4, 0.5) is 4.39 Å². The molecule has 1 aliphatic heterocycles. The number of carbonyl (C=O) groups excluding carboxylic acids is 1. The van der Waals surface area contributed by atoms with Gasteiger partial charge in [0.1, 0.15) is 5.60 Å². The highest BCUT2D eigenvalue weighted by Crippen LogP contribution is 2.25. The van der Waals surface area contributed by atoms with Crippen LogP contribution in [0.2, 0.25) is 0 Å². The van der Waals surface area contributed by atoms with Gasteiger partial charge in [-0.15, -0.1) is 0 Å². The molecule has 5 nitrogen and oxygen atoms in total. The second-order valence-corrected chi connectivity index (χ2v) is 4.90. The van der Waals surface area contributed by atoms with E-state index in [1.807, 2.05) is 0 Å². The molecule has 110 valence electrons. The van der Waals surface area contributed by atoms with Gasteiger partial charge in [0.15, 0.2) is 11.6 Å². The van der Waals surface area contributed by atoms with Gasteiger partial charge >= 0.3 is 0 Å². The molecule has 2 rings (SSSR count). The van der Waals surface area contributed by atoms with Crippen LogP contribution < -0.4 is 10.1 Å². The van der Waals surface area contributed by atoms with E-state index in [2.05, 4.69) is 5.32 Å². The van der Waals surface area contributed by atoms with E-state index in [0.29, 0.717) is 13.0 Å². The smallest absolute Gasteiger partial charge is 0.251 e. The van der Waals surface area contributed by atoms with Gasteiger partial charge in [-0.3, -0.25) is 4.79 Å². The van der Waals surface area contributed by atoms with E-state index < -0.39 is 17.3 Å². The van der Waals surface area contributed by atoms with E-state index in [4.69, 9.17) is 9.47 Å². The van der Waals surface area contributed by atoms with Crippen molar-refractivity contribution >= 4 is 5.91 Å². The van der Waals surface area contributed by atoms with Crippen molar-refractivity contribution < 1.29 is 23.8 Å². The van der Waals surface area contributed by atoms with Crippen molar-refractivity contribution in [3.05, 3.63) is 29.6 Å². The van der Waals surface area contributed by atoms with Crippen LogP contribution in [-0.4, -0.2) is 43.0 Å². The average molecular weight is 283 g/mol. The van der Waals surface area contributed by atoms with Gasteiger partial charge in [0.05, 0.1) is 13.2 Å². The SMILES string of the molecule is COc1cc(C(=O)NCC2(O)CCOC2C)ccc1F. The van der Waals surface area contributed by atoms with E-state index in [1.54, 1.807) is 6.92 Å². The Morgan fingerprint density at radius 3 is 3.00 bits per heavy atom. The van der Waals surface area contributed by atoms with Crippen LogP contribution in [0.3, 0.4) is 0 Å². The molecule has 6 heteroatoms. The maximum Gasteiger partial charge on any atom is 0.251 e. The minimum absolute atomic E-state index is 0.00827. The first-order chi connectivity index (χ1) is 9.46. The lowest BCUT2D eigenvalue weighted by atomic mass is 9.96. The molecular weight excluding hydrogens is 265 g/mol. The second-order valence-electron chi connectivity index (χ2n) is 4.90. The molecule has 1 saturated heterocycles. The summed E-state index contributed by atoms with van der Waals surface area (Å²) in [5.41, 5.74) is -0.779. The lowest BCUT2D eigenvalue weighted by molar-refractivity contribution is -0.0251. The fourth-order valence-electron chi connectivity index (χ4n) is 2.14. The fourth-order valence-corrected chi connectivity index (χ4v) is 2.14. The van der Waals surface area contributed by atoms with Crippen LogP contribution in [0.15, 0.2) is 18.2 Å². The summed E-state index contributed by atoms with van der Waals surface area (Å²) in [5, 5.41) is 12.9. The molecule has 0 radical (unpaired) electrons. The summed E-state index contributed by atoms with van der Waals surface area (Å²) < 4.78 is 23.4. The highest BCUT2D eigenvalue weighted by Gasteiger charge is 2.39. The second kappa shape index (κ2) is 5.76. The van der Waals surface area contributed by atoms with Crippen LogP contribution in [-0.2, 0) is 4.74 Å². The number of ether oxygens (including phenoxy) is 2. The Morgan fingerprint density at radius 2 is 2.40 bits per heavy atom. The summed E-state index contributed by atoms with van der Waals surface area (Å²) in [6.07, 6.45) is 0.145. The van der Waals surface area contributed by atoms with Crippen LogP contribution in [0.25, 0.3) is 0 Å². The number of benzene rings is 1. The number of rotatable bonds is 4. The van der Waals surface area contributed by atoms with Crippen molar-refractivity contribution in [1.82, 2.24) is 5.32 Å². The van der Waals surface area contributed by atoms with Gasteiger partial charge in [0.25, 0.3) is 5.91 Å². The first kappa shape index (κ1) is 14.7. The predicted molar refractivity (Wildman–Crippen MR) is 70.3 cm³/mol. The van der Waals surface area contributed by atoms with Crippen molar-refractivity contribution in [2.45, 2.75) is 25.0 Å². The number of amides is 1. The van der Waals surface area contributed by atoms with Gasteiger partial charge in [0.2, 0.25) is 0 Å². The summed E-state index contributed by atoms with van der Waals surface area (Å²) in [6, 6.07) is 3.86. The summed E-state index contributed by atoms with van der Waals surface area (Å²) in [6.45, 7) is 2.32. The highest BCUT2D eigenvalue weighted by molar-refractivity contribution is 5.94. The normalized spacial score (nSPS) is 25.5. The number of halogens is 1. The van der Waals surface area contributed by atoms with E-state index in [1.165, 1.54) is 25.3 Å². The molecule has 1 aromatic rings. The standard InChI is InChI=1S/C14H18FNO4/c1-9-14(18,5-6-20-9)8-16-13(17)10-3-4-11(15)12(7-10)19-2/h3-4,7,9,18H,5-6,8H2,1-2H3,(H,16,17). The average Bonchev–Trinajstić information content (AvgIpc) is 2.77. The molecule has 2 atom stereocenters. The molecule has 1 amide bonds. The fraction of sp³-hybridized carbons (Fsp3) is 0.500. The Kier molecular flexibility index (Phi) is 4.25. The Labute approximate surface area is 116 Å². The maximum absolute atomic E-state index is 13.3. The number of hydrogen-bond acceptors (Lipinski definition) is 4. The van der Waals surface area contributed by atoms with Crippen LogP contribution >= 0.6 is 0 Å². The zero-order chi connectivity index (χ0) is 14.8. The molecule has 0 bridgehead atoms. The van der Waals surface area contributed by atoms with Gasteiger partial charge in [-0.1, -0.05) is 0 Å². The van der Waals surface area contributed by atoms with Crippen molar-refractivity contribution in [1.29, 1.82) is 0 Å². The summed E-state index contributed by atoms with van der Waals surface area (Å²) >= 11 is 0. The van der Waals surface area contributed by atoms with E-state index in [0.717, 1.165) is 0 Å². The molecule has 1 aromatic carbocycles. The first-order valence-electron chi connectivity index (χ1n) is 6.42. The summed E-state index contributed by atoms with van der Waals surface area (Å²) in [4.78, 5) is 12.0. The van der Waals surface area contributed by atoms with Crippen molar-refractivity contribution in [2.75, 3.05) is 20.3 Å². The van der Waals surface area contributed by atoms with Crippen molar-refractivity contribution in [3.8, 4) is 5.75 Å². The molecular formula is C14H18FNO4. The number of carbonyl (C=O) groups is 1. The van der Waals surface area contributed by atoms with E-state index >= 15 is 0 Å². The number of hydrogen-bond donors (Lipinski definition) is 2. The van der Waals surface area contributed by atoms with Gasteiger partial charge in [-0.2, -0.15) is 0 Å². The molecule has 0 saturated carbocycles. The predicted octanol–water partition coefficient (Wildman–Crippen LogP) is 1.10. The van der Waals surface area contributed by atoms with Crippen LogP contribution in [0, 0.1) is 5.82 Å². The summed E-state index contributed by atoms with van der Waals surface area (Å²) in [7, 11) is 1.33. The van der Waals surface area contributed by atoms with E-state index in [-0.39, 0.29) is 24.0 Å². The molecule has 20 heavy (non-hydrogen) atoms. The third kappa shape index (κ3) is 2.91. The molecule has 2 unspecified atom stereocenters. The molecule has 1 fully saturated rings. The van der Waals surface area contributed by atoms with Gasteiger partial charge in [-0.05, 0) is 25.1 Å². The maximum atomic E-state index is 13.3. The topological polar surface area (TPSA) is 67.8 Å². The third-order valence-electron chi connectivity index (χ3n) is 3.63. The molecule has 1 heterocycles. The Bertz CT molecular complexity index is 508. The third-order valence-corrected chi connectivity index (χ3v) is 3.63. The number of nitrogens with one attached hydrogen (secondary N) is 1. The Balaban J connectivity index is 2.02. The zero-order valence-electron chi connectivity index (χ0n) is 11.5. The van der Waals surface area contributed by atoms with Gasteiger partial charge < -0.3 is 19.9 Å². The highest BCUT2D eigenvalue weighted by atomic mass is 19.1. The number of methoxy groups -OCH3 is 1. The molecule has 0 aromatic heterocycles. The summed E-state index contributed by atoms with van der Waals surface area (Å²) in [5.74, 6) is -0.912. The minimum Gasteiger partial charge on any atom is -0.494 e.